The normalized spacial score (nSPS) is 11.4. The molecule has 134 valence electrons. The van der Waals surface area contributed by atoms with E-state index < -0.39 is 11.8 Å². The first kappa shape index (κ1) is 19.0. The van der Waals surface area contributed by atoms with Gasteiger partial charge in [-0.25, -0.2) is 14.8 Å². The molecule has 6 nitrogen and oxygen atoms in total. The summed E-state index contributed by atoms with van der Waals surface area (Å²) < 4.78 is 16.7. The summed E-state index contributed by atoms with van der Waals surface area (Å²) in [5.41, 5.74) is 1.45. The first-order chi connectivity index (χ1) is 12.1. The van der Waals surface area contributed by atoms with Crippen LogP contribution in [0.1, 0.15) is 43.7 Å². The van der Waals surface area contributed by atoms with Crippen LogP contribution >= 0.6 is 0 Å². The van der Waals surface area contributed by atoms with Gasteiger partial charge in [0.15, 0.2) is 5.82 Å². The molecule has 0 bridgehead atoms. The van der Waals surface area contributed by atoms with E-state index in [1.54, 1.807) is 13.8 Å². The summed E-state index contributed by atoms with van der Waals surface area (Å²) in [6.07, 6.45) is 1.47. The number of ether oxygens (including phenoxy) is 3. The highest BCUT2D eigenvalue weighted by Crippen LogP contribution is 2.30. The zero-order valence-electron chi connectivity index (χ0n) is 15.1. The van der Waals surface area contributed by atoms with E-state index in [2.05, 4.69) is 9.97 Å². The van der Waals surface area contributed by atoms with E-state index in [1.807, 2.05) is 44.2 Å². The lowest BCUT2D eigenvalue weighted by Crippen LogP contribution is -2.33. The second-order valence-electron chi connectivity index (χ2n) is 5.35. The second kappa shape index (κ2) is 8.69. The van der Waals surface area contributed by atoms with Crippen molar-refractivity contribution in [3.05, 3.63) is 47.8 Å². The molecule has 0 aliphatic rings. The first-order valence-electron chi connectivity index (χ1n) is 8.43. The van der Waals surface area contributed by atoms with Crippen molar-refractivity contribution < 1.29 is 19.0 Å². The minimum absolute atomic E-state index is 0.242. The van der Waals surface area contributed by atoms with Gasteiger partial charge < -0.3 is 14.2 Å². The van der Waals surface area contributed by atoms with Gasteiger partial charge in [0.2, 0.25) is 5.79 Å². The molecule has 0 aliphatic heterocycles. The van der Waals surface area contributed by atoms with Gasteiger partial charge in [0.25, 0.3) is 0 Å². The maximum absolute atomic E-state index is 12.4. The molecule has 0 N–H and O–H groups in total. The average molecular weight is 344 g/mol. The van der Waals surface area contributed by atoms with Crippen LogP contribution in [0.2, 0.25) is 0 Å². The molecule has 1 aromatic heterocycles. The number of hydrogen-bond donors (Lipinski definition) is 0. The maximum Gasteiger partial charge on any atom is 0.341 e. The molecule has 1 aromatic carbocycles. The number of carbonyl (C=O) groups excluding carboxylic acids is 1. The molecular formula is C19H24N2O4. The summed E-state index contributed by atoms with van der Waals surface area (Å²) >= 11 is 0. The van der Waals surface area contributed by atoms with Gasteiger partial charge >= 0.3 is 5.97 Å². The van der Waals surface area contributed by atoms with E-state index in [9.17, 15) is 4.79 Å². The second-order valence-corrected chi connectivity index (χ2v) is 5.35. The number of benzene rings is 1. The summed E-state index contributed by atoms with van der Waals surface area (Å²) in [6.45, 7) is 8.30. The molecule has 2 aromatic rings. The molecule has 2 rings (SSSR count). The highest BCUT2D eigenvalue weighted by atomic mass is 16.7. The minimum atomic E-state index is -1.17. The molecule has 0 radical (unpaired) electrons. The molecule has 6 heteroatoms. The lowest BCUT2D eigenvalue weighted by atomic mass is 10.1. The predicted octanol–water partition coefficient (Wildman–Crippen LogP) is 3.57. The monoisotopic (exact) mass is 344 g/mol. The smallest absolute Gasteiger partial charge is 0.341 e. The Hall–Kier alpha value is -2.31. The van der Waals surface area contributed by atoms with E-state index in [4.69, 9.17) is 14.2 Å². The van der Waals surface area contributed by atoms with Crippen LogP contribution in [0.25, 0.3) is 11.4 Å². The number of esters is 1. The zero-order chi connectivity index (χ0) is 18.3. The molecule has 0 unspecified atom stereocenters. The van der Waals surface area contributed by atoms with Gasteiger partial charge in [-0.3, -0.25) is 0 Å². The van der Waals surface area contributed by atoms with Crippen LogP contribution in [0.5, 0.6) is 0 Å². The van der Waals surface area contributed by atoms with Crippen molar-refractivity contribution in [1.29, 1.82) is 0 Å². The van der Waals surface area contributed by atoms with Crippen LogP contribution < -0.4 is 0 Å². The van der Waals surface area contributed by atoms with E-state index in [0.29, 0.717) is 24.7 Å². The van der Waals surface area contributed by atoms with Crippen LogP contribution in [0.15, 0.2) is 36.5 Å². The SMILES string of the molecule is CCOC(=O)c1cnc(-c2ccccc2)nc1C(C)(OCC)OCC. The van der Waals surface area contributed by atoms with Crippen molar-refractivity contribution in [1.82, 2.24) is 9.97 Å². The third kappa shape index (κ3) is 4.41. The number of nitrogens with zero attached hydrogens (tertiary/aromatic N) is 2. The van der Waals surface area contributed by atoms with Crippen molar-refractivity contribution in [2.45, 2.75) is 33.5 Å². The molecule has 0 fully saturated rings. The first-order valence-corrected chi connectivity index (χ1v) is 8.43. The number of rotatable bonds is 8. The topological polar surface area (TPSA) is 70.5 Å². The molecule has 0 aliphatic carbocycles. The molecule has 0 amide bonds. The summed E-state index contributed by atoms with van der Waals surface area (Å²) in [5.74, 6) is -1.17. The fraction of sp³-hybridized carbons (Fsp3) is 0.421. The lowest BCUT2D eigenvalue weighted by molar-refractivity contribution is -0.232. The Kier molecular flexibility index (Phi) is 6.61. The molecule has 0 spiro atoms. The Morgan fingerprint density at radius 2 is 1.68 bits per heavy atom. The summed E-state index contributed by atoms with van der Waals surface area (Å²) in [5, 5.41) is 0. The Morgan fingerprint density at radius 1 is 1.04 bits per heavy atom. The van der Waals surface area contributed by atoms with Gasteiger partial charge in [-0.2, -0.15) is 0 Å². The Bertz CT molecular complexity index is 698. The Morgan fingerprint density at radius 3 is 2.24 bits per heavy atom. The Balaban J connectivity index is 2.59. The molecular weight excluding hydrogens is 320 g/mol. The fourth-order valence-electron chi connectivity index (χ4n) is 2.54. The van der Waals surface area contributed by atoms with Gasteiger partial charge in [-0.15, -0.1) is 0 Å². The highest BCUT2D eigenvalue weighted by molar-refractivity contribution is 5.90. The number of hydrogen-bond acceptors (Lipinski definition) is 6. The molecule has 1 heterocycles. The third-order valence-corrected chi connectivity index (χ3v) is 3.59. The van der Waals surface area contributed by atoms with Crippen LogP contribution in [0.3, 0.4) is 0 Å². The van der Waals surface area contributed by atoms with Crippen LogP contribution in [-0.2, 0) is 20.0 Å². The summed E-state index contributed by atoms with van der Waals surface area (Å²) in [7, 11) is 0. The zero-order valence-corrected chi connectivity index (χ0v) is 15.1. The van der Waals surface area contributed by atoms with Crippen molar-refractivity contribution in [2.75, 3.05) is 19.8 Å². The van der Waals surface area contributed by atoms with Crippen molar-refractivity contribution in [3.63, 3.8) is 0 Å². The predicted molar refractivity (Wildman–Crippen MR) is 94.0 cm³/mol. The standard InChI is InChI=1S/C19H24N2O4/c1-5-23-18(22)15-13-20-17(14-11-9-8-10-12-14)21-16(15)19(4,24-6-2)25-7-3/h8-13H,5-7H2,1-4H3. The van der Waals surface area contributed by atoms with Crippen molar-refractivity contribution in [3.8, 4) is 11.4 Å². The van der Waals surface area contributed by atoms with Gasteiger partial charge in [0.1, 0.15) is 11.3 Å². The molecule has 0 atom stereocenters. The fourth-order valence-corrected chi connectivity index (χ4v) is 2.54. The average Bonchev–Trinajstić information content (AvgIpc) is 2.62. The third-order valence-electron chi connectivity index (χ3n) is 3.59. The summed E-state index contributed by atoms with van der Waals surface area (Å²) in [4.78, 5) is 21.3. The molecule has 25 heavy (non-hydrogen) atoms. The maximum atomic E-state index is 12.4. The van der Waals surface area contributed by atoms with Crippen molar-refractivity contribution in [2.24, 2.45) is 0 Å². The minimum Gasteiger partial charge on any atom is -0.462 e. The van der Waals surface area contributed by atoms with E-state index >= 15 is 0 Å². The highest BCUT2D eigenvalue weighted by Gasteiger charge is 2.35. The quantitative estimate of drug-likeness (QED) is 0.538. The van der Waals surface area contributed by atoms with E-state index in [0.717, 1.165) is 5.56 Å². The summed E-state index contributed by atoms with van der Waals surface area (Å²) in [6, 6.07) is 9.54. The van der Waals surface area contributed by atoms with Gasteiger partial charge in [-0.05, 0) is 27.7 Å². The number of carbonyl (C=O) groups is 1. The lowest BCUT2D eigenvalue weighted by Gasteiger charge is -2.30. The largest absolute Gasteiger partial charge is 0.462 e. The van der Waals surface area contributed by atoms with Crippen molar-refractivity contribution >= 4 is 5.97 Å². The van der Waals surface area contributed by atoms with E-state index in [-0.39, 0.29) is 12.2 Å². The van der Waals surface area contributed by atoms with Crippen LogP contribution in [-0.4, -0.2) is 35.8 Å². The van der Waals surface area contributed by atoms with Crippen LogP contribution in [0.4, 0.5) is 0 Å². The van der Waals surface area contributed by atoms with Gasteiger partial charge in [-0.1, -0.05) is 30.3 Å². The van der Waals surface area contributed by atoms with Crippen LogP contribution in [0, 0.1) is 0 Å². The molecule has 0 saturated heterocycles. The van der Waals surface area contributed by atoms with Gasteiger partial charge in [0, 0.05) is 25.0 Å². The molecule has 0 saturated carbocycles. The Labute approximate surface area is 148 Å². The van der Waals surface area contributed by atoms with Gasteiger partial charge in [0.05, 0.1) is 6.61 Å². The number of aromatic nitrogens is 2. The van der Waals surface area contributed by atoms with E-state index in [1.165, 1.54) is 6.20 Å².